The summed E-state index contributed by atoms with van der Waals surface area (Å²) in [6.07, 6.45) is 9.68. The summed E-state index contributed by atoms with van der Waals surface area (Å²) in [6, 6.07) is 8.98. The Hall–Kier alpha value is -1.91. The number of carbonyl (C=O) groups is 1. The van der Waals surface area contributed by atoms with E-state index in [0.29, 0.717) is 31.1 Å². The highest BCUT2D eigenvalue weighted by atomic mass is 16.3. The van der Waals surface area contributed by atoms with Gasteiger partial charge in [0.05, 0.1) is 5.60 Å². The lowest BCUT2D eigenvalue weighted by Crippen LogP contribution is -2.51. The Bertz CT molecular complexity index is 1000. The maximum Gasteiger partial charge on any atom is 0.156 e. The maximum absolute atomic E-state index is 12.2. The van der Waals surface area contributed by atoms with Gasteiger partial charge in [-0.1, -0.05) is 24.6 Å². The van der Waals surface area contributed by atoms with Crippen molar-refractivity contribution < 1.29 is 17.9 Å². The number of aliphatic hydroxyl groups excluding tert-OH is 1. The molecule has 4 heteroatoms. The summed E-state index contributed by atoms with van der Waals surface area (Å²) in [5.74, 6) is 1.50. The summed E-state index contributed by atoms with van der Waals surface area (Å²) in [6.45, 7) is 2.47. The molecule has 0 radical (unpaired) electrons. The largest absolute Gasteiger partial charge is 0.396 e. The molecule has 5 atom stereocenters. The van der Waals surface area contributed by atoms with Crippen molar-refractivity contribution in [1.82, 2.24) is 0 Å². The Morgan fingerprint density at radius 3 is 2.58 bits per heavy atom. The van der Waals surface area contributed by atoms with Crippen LogP contribution in [0.25, 0.3) is 0 Å². The van der Waals surface area contributed by atoms with Gasteiger partial charge < -0.3 is 15.1 Å². The fraction of sp³-hybridized carbons (Fsp3) is 0.621. The Balaban J connectivity index is 0.00000171. The molecule has 0 saturated heterocycles. The summed E-state index contributed by atoms with van der Waals surface area (Å²) >= 11 is 0. The van der Waals surface area contributed by atoms with Crippen molar-refractivity contribution in [1.29, 1.82) is 0 Å². The SMILES string of the molecule is CN(C)c1ccc([C@H]2C[C@]3(C)[C@@H](CC[C@]3(O)CCCO)[C@@H]3CCC4=CC(=O)CCC4=C32)cc1.[HH].[HH]. The first-order valence-corrected chi connectivity index (χ1v) is 12.8. The van der Waals surface area contributed by atoms with Gasteiger partial charge in [-0.2, -0.15) is 0 Å². The van der Waals surface area contributed by atoms with Crippen LogP contribution in [0.3, 0.4) is 0 Å². The molecule has 2 N–H and O–H groups in total. The number of rotatable bonds is 5. The smallest absolute Gasteiger partial charge is 0.156 e. The lowest BCUT2D eigenvalue weighted by atomic mass is 9.51. The molecule has 1 aromatic carbocycles. The number of fused-ring (bicyclic) bond motifs is 4. The van der Waals surface area contributed by atoms with Crippen LogP contribution in [0.4, 0.5) is 5.69 Å². The fourth-order valence-corrected chi connectivity index (χ4v) is 7.84. The van der Waals surface area contributed by atoms with Crippen molar-refractivity contribution in [2.45, 2.75) is 76.2 Å². The summed E-state index contributed by atoms with van der Waals surface area (Å²) in [4.78, 5) is 14.3. The lowest BCUT2D eigenvalue weighted by Gasteiger charge is -2.55. The van der Waals surface area contributed by atoms with E-state index >= 15 is 0 Å². The quantitative estimate of drug-likeness (QED) is 0.605. The summed E-state index contributed by atoms with van der Waals surface area (Å²) in [5.41, 5.74) is 5.98. The monoisotopic (exact) mass is 453 g/mol. The molecule has 4 aliphatic rings. The van der Waals surface area contributed by atoms with E-state index in [0.717, 1.165) is 38.5 Å². The Kier molecular flexibility index (Phi) is 5.81. The van der Waals surface area contributed by atoms with Gasteiger partial charge in [0.2, 0.25) is 0 Å². The molecule has 182 valence electrons. The summed E-state index contributed by atoms with van der Waals surface area (Å²) in [5, 5.41) is 21.4. The zero-order chi connectivity index (χ0) is 23.4. The van der Waals surface area contributed by atoms with Crippen molar-refractivity contribution in [3.05, 3.63) is 52.6 Å². The van der Waals surface area contributed by atoms with Crippen molar-refractivity contribution in [2.24, 2.45) is 17.3 Å². The number of hydrogen-bond acceptors (Lipinski definition) is 4. The molecular weight excluding hydrogens is 410 g/mol. The highest BCUT2D eigenvalue weighted by molar-refractivity contribution is 5.93. The van der Waals surface area contributed by atoms with Gasteiger partial charge in [-0.15, -0.1) is 0 Å². The molecule has 0 amide bonds. The normalized spacial score (nSPS) is 35.6. The number of carbonyl (C=O) groups excluding carboxylic acids is 1. The van der Waals surface area contributed by atoms with Crippen molar-refractivity contribution in [2.75, 3.05) is 25.6 Å². The number of allylic oxidation sites excluding steroid dienone is 4. The van der Waals surface area contributed by atoms with Gasteiger partial charge in [0, 0.05) is 47.0 Å². The van der Waals surface area contributed by atoms with Crippen LogP contribution < -0.4 is 4.90 Å². The van der Waals surface area contributed by atoms with Gasteiger partial charge in [0.25, 0.3) is 0 Å². The molecule has 0 unspecified atom stereocenters. The predicted molar refractivity (Wildman–Crippen MR) is 137 cm³/mol. The highest BCUT2D eigenvalue weighted by Gasteiger charge is 2.62. The van der Waals surface area contributed by atoms with Gasteiger partial charge in [0.15, 0.2) is 5.78 Å². The van der Waals surface area contributed by atoms with Crippen LogP contribution in [0.1, 0.15) is 79.0 Å². The van der Waals surface area contributed by atoms with Crippen LogP contribution in [0.5, 0.6) is 0 Å². The molecule has 1 aromatic rings. The molecule has 0 spiro atoms. The number of benzene rings is 1. The molecule has 4 aliphatic carbocycles. The van der Waals surface area contributed by atoms with Crippen molar-refractivity contribution in [3.8, 4) is 0 Å². The van der Waals surface area contributed by atoms with Gasteiger partial charge in [-0.05, 0) is 98.1 Å². The third kappa shape index (κ3) is 3.61. The number of aliphatic hydroxyl groups is 2. The minimum Gasteiger partial charge on any atom is -0.396 e. The lowest BCUT2D eigenvalue weighted by molar-refractivity contribution is -0.114. The molecular formula is C29H43NO3. The number of anilines is 1. The number of hydrogen-bond donors (Lipinski definition) is 2. The van der Waals surface area contributed by atoms with E-state index in [4.69, 9.17) is 0 Å². The average molecular weight is 454 g/mol. The fourth-order valence-electron chi connectivity index (χ4n) is 7.84. The van der Waals surface area contributed by atoms with Gasteiger partial charge in [-0.25, -0.2) is 0 Å². The molecule has 4 nitrogen and oxygen atoms in total. The number of ketones is 1. The maximum atomic E-state index is 12.2. The van der Waals surface area contributed by atoms with E-state index in [1.807, 2.05) is 6.08 Å². The molecule has 0 bridgehead atoms. The van der Waals surface area contributed by atoms with Crippen LogP contribution in [-0.2, 0) is 4.79 Å². The zero-order valence-corrected chi connectivity index (χ0v) is 20.4. The van der Waals surface area contributed by atoms with Crippen molar-refractivity contribution in [3.63, 3.8) is 0 Å². The summed E-state index contributed by atoms with van der Waals surface area (Å²) < 4.78 is 0. The van der Waals surface area contributed by atoms with E-state index < -0.39 is 5.60 Å². The average Bonchev–Trinajstić information content (AvgIpc) is 3.07. The van der Waals surface area contributed by atoms with E-state index in [1.165, 1.54) is 22.4 Å². The Morgan fingerprint density at radius 1 is 1.12 bits per heavy atom. The minimum atomic E-state index is -0.711. The van der Waals surface area contributed by atoms with E-state index in [9.17, 15) is 15.0 Å². The zero-order valence-electron chi connectivity index (χ0n) is 20.4. The standard InChI is InChI=1S/C29H39NO3.2H2/c1-28-18-25(19-5-8-21(9-6-19)30(2)3)27-23-12-10-22(32)17-20(23)7-11-24(27)26(28)13-15-29(28,33)14-4-16-31;;/h5-6,8-9,17,24-26,31,33H,4,7,10-16,18H2,1-3H3;2*1H/t24-,25+,26-,28+,29+;;/m0../s1. The Morgan fingerprint density at radius 2 is 1.88 bits per heavy atom. The molecule has 33 heavy (non-hydrogen) atoms. The minimum absolute atomic E-state index is 0. The first kappa shape index (κ1) is 22.9. The second kappa shape index (κ2) is 8.39. The molecule has 2 saturated carbocycles. The van der Waals surface area contributed by atoms with Crippen LogP contribution in [0, 0.1) is 17.3 Å². The Labute approximate surface area is 201 Å². The molecule has 0 aromatic heterocycles. The van der Waals surface area contributed by atoms with Crippen molar-refractivity contribution >= 4 is 11.5 Å². The van der Waals surface area contributed by atoms with Crippen LogP contribution in [-0.4, -0.2) is 42.3 Å². The van der Waals surface area contributed by atoms with Gasteiger partial charge >= 0.3 is 0 Å². The van der Waals surface area contributed by atoms with E-state index in [2.05, 4.69) is 50.2 Å². The van der Waals surface area contributed by atoms with Gasteiger partial charge in [0.1, 0.15) is 0 Å². The topological polar surface area (TPSA) is 60.8 Å². The molecule has 0 aliphatic heterocycles. The number of nitrogens with zero attached hydrogens (tertiary/aromatic N) is 1. The van der Waals surface area contributed by atoms with Crippen LogP contribution >= 0.6 is 0 Å². The molecule has 5 rings (SSSR count). The molecule has 0 heterocycles. The van der Waals surface area contributed by atoms with Crippen LogP contribution in [0.2, 0.25) is 0 Å². The first-order valence-electron chi connectivity index (χ1n) is 12.8. The predicted octanol–water partition coefficient (Wildman–Crippen LogP) is 5.65. The third-order valence-corrected chi connectivity index (χ3v) is 9.62. The first-order chi connectivity index (χ1) is 15.8. The van der Waals surface area contributed by atoms with Gasteiger partial charge in [-0.3, -0.25) is 4.79 Å². The third-order valence-electron chi connectivity index (χ3n) is 9.62. The second-order valence-corrected chi connectivity index (χ2v) is 11.4. The summed E-state index contributed by atoms with van der Waals surface area (Å²) in [7, 11) is 4.14. The van der Waals surface area contributed by atoms with E-state index in [-0.39, 0.29) is 26.6 Å². The van der Waals surface area contributed by atoms with Crippen LogP contribution in [0.15, 0.2) is 47.1 Å². The second-order valence-electron chi connectivity index (χ2n) is 11.4. The van der Waals surface area contributed by atoms with E-state index in [1.54, 1.807) is 5.57 Å². The highest BCUT2D eigenvalue weighted by Crippen LogP contribution is 2.67. The molecule has 2 fully saturated rings.